The molecule has 2 heteroatoms. The van der Waals surface area contributed by atoms with E-state index in [1.54, 1.807) is 13.0 Å². The van der Waals surface area contributed by atoms with Crippen molar-refractivity contribution in [2.75, 3.05) is 0 Å². The van der Waals surface area contributed by atoms with E-state index in [0.29, 0.717) is 0 Å². The normalized spacial score (nSPS) is 15.6. The number of carbonyl (C=O) groups excluding carboxylic acids is 1. The van der Waals surface area contributed by atoms with E-state index in [4.69, 9.17) is 0 Å². The van der Waals surface area contributed by atoms with Crippen molar-refractivity contribution in [3.05, 3.63) is 46.3 Å². The van der Waals surface area contributed by atoms with E-state index < -0.39 is 5.82 Å². The molecule has 1 aromatic carbocycles. The lowest BCUT2D eigenvalue weighted by atomic mass is 9.92. The molecule has 0 heterocycles. The van der Waals surface area contributed by atoms with Crippen LogP contribution in [-0.2, 0) is 0 Å². The minimum Gasteiger partial charge on any atom is -0.289 e. The summed E-state index contributed by atoms with van der Waals surface area (Å²) in [6.45, 7) is 3.63. The second kappa shape index (κ2) is 5.47. The zero-order chi connectivity index (χ0) is 13.1. The molecule has 1 fully saturated rings. The van der Waals surface area contributed by atoms with Gasteiger partial charge in [0.05, 0.1) is 5.56 Å². The Morgan fingerprint density at radius 3 is 2.44 bits per heavy atom. The SMILES string of the molecule is Cc1cc(C)c(C(=O)C=C2CCCCC2)c(F)c1. The van der Waals surface area contributed by atoms with Crippen LogP contribution in [0, 0.1) is 19.7 Å². The smallest absolute Gasteiger partial charge is 0.188 e. The van der Waals surface area contributed by atoms with E-state index in [1.807, 2.05) is 13.0 Å². The van der Waals surface area contributed by atoms with E-state index in [2.05, 4.69) is 0 Å². The molecular weight excluding hydrogens is 227 g/mol. The number of aryl methyl sites for hydroxylation is 2. The summed E-state index contributed by atoms with van der Waals surface area (Å²) < 4.78 is 13.9. The highest BCUT2D eigenvalue weighted by Crippen LogP contribution is 2.24. The summed E-state index contributed by atoms with van der Waals surface area (Å²) >= 11 is 0. The van der Waals surface area contributed by atoms with Gasteiger partial charge < -0.3 is 0 Å². The van der Waals surface area contributed by atoms with Gasteiger partial charge in [-0.25, -0.2) is 4.39 Å². The molecule has 1 aliphatic rings. The zero-order valence-corrected chi connectivity index (χ0v) is 11.1. The lowest BCUT2D eigenvalue weighted by molar-refractivity contribution is 0.104. The fourth-order valence-electron chi connectivity index (χ4n) is 2.64. The predicted molar refractivity (Wildman–Crippen MR) is 71.4 cm³/mol. The Balaban J connectivity index is 2.28. The molecule has 0 bridgehead atoms. The van der Waals surface area contributed by atoms with Crippen LogP contribution in [0.15, 0.2) is 23.8 Å². The van der Waals surface area contributed by atoms with Crippen molar-refractivity contribution in [2.45, 2.75) is 46.0 Å². The quantitative estimate of drug-likeness (QED) is 0.554. The largest absolute Gasteiger partial charge is 0.289 e. The minimum absolute atomic E-state index is 0.179. The molecule has 0 saturated heterocycles. The minimum atomic E-state index is -0.398. The molecule has 0 unspecified atom stereocenters. The van der Waals surface area contributed by atoms with Crippen LogP contribution >= 0.6 is 0 Å². The van der Waals surface area contributed by atoms with Gasteiger partial charge in [0.25, 0.3) is 0 Å². The molecule has 1 aromatic rings. The molecule has 0 N–H and O–H groups in total. The van der Waals surface area contributed by atoms with Gasteiger partial charge in [-0.3, -0.25) is 4.79 Å². The van der Waals surface area contributed by atoms with Crippen molar-refractivity contribution in [1.82, 2.24) is 0 Å². The standard InChI is InChI=1S/C16H19FO/c1-11-8-12(2)16(14(17)9-11)15(18)10-13-6-4-3-5-7-13/h8-10H,3-7H2,1-2H3. The van der Waals surface area contributed by atoms with Crippen molar-refractivity contribution in [3.63, 3.8) is 0 Å². The van der Waals surface area contributed by atoms with Crippen molar-refractivity contribution < 1.29 is 9.18 Å². The number of rotatable bonds is 2. The fourth-order valence-corrected chi connectivity index (χ4v) is 2.64. The van der Waals surface area contributed by atoms with Crippen LogP contribution in [0.2, 0.25) is 0 Å². The maximum Gasteiger partial charge on any atom is 0.188 e. The fraction of sp³-hybridized carbons (Fsp3) is 0.438. The Labute approximate surface area is 108 Å². The van der Waals surface area contributed by atoms with Gasteiger partial charge in [-0.05, 0) is 62.8 Å². The number of ketones is 1. The van der Waals surface area contributed by atoms with E-state index in [9.17, 15) is 9.18 Å². The molecule has 1 saturated carbocycles. The first-order valence-corrected chi connectivity index (χ1v) is 6.58. The number of hydrogen-bond acceptors (Lipinski definition) is 1. The van der Waals surface area contributed by atoms with Gasteiger partial charge in [-0.1, -0.05) is 18.1 Å². The maximum atomic E-state index is 13.9. The molecule has 0 atom stereocenters. The average Bonchev–Trinajstić information content (AvgIpc) is 2.28. The Morgan fingerprint density at radius 1 is 1.17 bits per heavy atom. The molecule has 0 aromatic heterocycles. The summed E-state index contributed by atoms with van der Waals surface area (Å²) in [4.78, 5) is 12.1. The number of halogens is 1. The van der Waals surface area contributed by atoms with Crippen LogP contribution in [0.3, 0.4) is 0 Å². The number of hydrogen-bond donors (Lipinski definition) is 0. The average molecular weight is 246 g/mol. The first-order valence-electron chi connectivity index (χ1n) is 6.58. The Kier molecular flexibility index (Phi) is 3.95. The van der Waals surface area contributed by atoms with Gasteiger partial charge in [0.15, 0.2) is 5.78 Å². The van der Waals surface area contributed by atoms with Crippen LogP contribution in [-0.4, -0.2) is 5.78 Å². The lowest BCUT2D eigenvalue weighted by Crippen LogP contribution is -2.05. The molecule has 0 spiro atoms. The molecule has 0 amide bonds. The van der Waals surface area contributed by atoms with Gasteiger partial charge in [0.1, 0.15) is 5.82 Å². The summed E-state index contributed by atoms with van der Waals surface area (Å²) in [6, 6.07) is 3.29. The maximum absolute atomic E-state index is 13.9. The first kappa shape index (κ1) is 13.0. The molecule has 0 aliphatic heterocycles. The monoisotopic (exact) mass is 246 g/mol. The van der Waals surface area contributed by atoms with Gasteiger partial charge >= 0.3 is 0 Å². The molecule has 2 rings (SSSR count). The van der Waals surface area contributed by atoms with Crippen molar-refractivity contribution >= 4 is 5.78 Å². The third-order valence-electron chi connectivity index (χ3n) is 3.51. The molecule has 1 aliphatic carbocycles. The predicted octanol–water partition coefficient (Wildman–Crippen LogP) is 4.52. The van der Waals surface area contributed by atoms with Gasteiger partial charge in [-0.2, -0.15) is 0 Å². The second-order valence-electron chi connectivity index (χ2n) is 5.17. The van der Waals surface area contributed by atoms with Gasteiger partial charge in [-0.15, -0.1) is 0 Å². The second-order valence-corrected chi connectivity index (χ2v) is 5.17. The third kappa shape index (κ3) is 2.87. The van der Waals surface area contributed by atoms with Crippen LogP contribution in [0.5, 0.6) is 0 Å². The molecule has 96 valence electrons. The summed E-state index contributed by atoms with van der Waals surface area (Å²) in [5.74, 6) is -0.577. The highest BCUT2D eigenvalue weighted by atomic mass is 19.1. The number of allylic oxidation sites excluding steroid dienone is 2. The van der Waals surface area contributed by atoms with Crippen molar-refractivity contribution in [2.24, 2.45) is 0 Å². The summed E-state index contributed by atoms with van der Waals surface area (Å²) in [5.41, 5.74) is 2.99. The van der Waals surface area contributed by atoms with Gasteiger partial charge in [0, 0.05) is 0 Å². The van der Waals surface area contributed by atoms with Gasteiger partial charge in [0.2, 0.25) is 0 Å². The molecule has 18 heavy (non-hydrogen) atoms. The molecular formula is C16H19FO. The lowest BCUT2D eigenvalue weighted by Gasteiger charge is -2.13. The molecule has 0 radical (unpaired) electrons. The van der Waals surface area contributed by atoms with E-state index in [1.165, 1.54) is 18.1 Å². The van der Waals surface area contributed by atoms with E-state index >= 15 is 0 Å². The first-order chi connectivity index (χ1) is 8.58. The highest BCUT2D eigenvalue weighted by Gasteiger charge is 2.15. The third-order valence-corrected chi connectivity index (χ3v) is 3.51. The zero-order valence-electron chi connectivity index (χ0n) is 11.1. The van der Waals surface area contributed by atoms with E-state index in [0.717, 1.165) is 36.8 Å². The summed E-state index contributed by atoms with van der Waals surface area (Å²) in [5, 5.41) is 0. The van der Waals surface area contributed by atoms with Crippen molar-refractivity contribution in [3.8, 4) is 0 Å². The number of carbonyl (C=O) groups is 1. The Hall–Kier alpha value is -1.44. The molecule has 1 nitrogen and oxygen atoms in total. The van der Waals surface area contributed by atoms with E-state index in [-0.39, 0.29) is 11.3 Å². The van der Waals surface area contributed by atoms with Crippen molar-refractivity contribution in [1.29, 1.82) is 0 Å². The van der Waals surface area contributed by atoms with Crippen LogP contribution in [0.1, 0.15) is 53.6 Å². The summed E-state index contributed by atoms with van der Waals surface area (Å²) in [7, 11) is 0. The summed E-state index contributed by atoms with van der Waals surface area (Å²) in [6.07, 6.45) is 7.16. The Morgan fingerprint density at radius 2 is 1.83 bits per heavy atom. The van der Waals surface area contributed by atoms with Crippen LogP contribution in [0.25, 0.3) is 0 Å². The van der Waals surface area contributed by atoms with Crippen LogP contribution < -0.4 is 0 Å². The topological polar surface area (TPSA) is 17.1 Å². The number of benzene rings is 1. The van der Waals surface area contributed by atoms with Crippen LogP contribution in [0.4, 0.5) is 4.39 Å². The highest BCUT2D eigenvalue weighted by molar-refractivity contribution is 6.06. The Bertz CT molecular complexity index is 469.